The number of nitrogens with zero attached hydrogens (tertiary/aromatic N) is 1. The third-order valence-corrected chi connectivity index (χ3v) is 7.25. The van der Waals surface area contributed by atoms with Crippen molar-refractivity contribution < 1.29 is 14.3 Å². The van der Waals surface area contributed by atoms with Gasteiger partial charge in [-0.05, 0) is 60.2 Å². The summed E-state index contributed by atoms with van der Waals surface area (Å²) >= 11 is 13.8. The molecule has 0 spiro atoms. The first kappa shape index (κ1) is 20.6. The topological polar surface area (TPSA) is 38.8 Å². The number of ether oxygens (including phenoxy) is 2. The molecule has 31 heavy (non-hydrogen) atoms. The molecule has 0 amide bonds. The second kappa shape index (κ2) is 7.99. The summed E-state index contributed by atoms with van der Waals surface area (Å²) in [5.74, 6) is 1.66. The van der Waals surface area contributed by atoms with E-state index in [4.69, 9.17) is 32.7 Å². The Kier molecular flexibility index (Phi) is 5.30. The van der Waals surface area contributed by atoms with Crippen LogP contribution in [0, 0.1) is 13.8 Å². The van der Waals surface area contributed by atoms with Crippen LogP contribution in [0.25, 0.3) is 6.08 Å². The zero-order chi connectivity index (χ0) is 21.7. The monoisotopic (exact) mass is 471 g/mol. The van der Waals surface area contributed by atoms with Crippen LogP contribution in [0.5, 0.6) is 11.5 Å². The van der Waals surface area contributed by atoms with E-state index in [0.29, 0.717) is 46.9 Å². The molecule has 5 rings (SSSR count). The number of rotatable bonds is 3. The summed E-state index contributed by atoms with van der Waals surface area (Å²) < 4.78 is 12.2. The molecule has 0 aliphatic carbocycles. The van der Waals surface area contributed by atoms with Gasteiger partial charge in [-0.1, -0.05) is 29.3 Å². The van der Waals surface area contributed by atoms with E-state index in [2.05, 4.69) is 4.90 Å². The predicted octanol–water partition coefficient (Wildman–Crippen LogP) is 6.64. The van der Waals surface area contributed by atoms with E-state index in [9.17, 15) is 4.79 Å². The Morgan fingerprint density at radius 1 is 1.13 bits per heavy atom. The predicted molar refractivity (Wildman–Crippen MR) is 124 cm³/mol. The van der Waals surface area contributed by atoms with Crippen molar-refractivity contribution in [3.63, 3.8) is 0 Å². The van der Waals surface area contributed by atoms with Crippen LogP contribution in [0.4, 0.5) is 0 Å². The number of aryl methyl sites for hydroxylation is 2. The van der Waals surface area contributed by atoms with Crippen molar-refractivity contribution >= 4 is 46.4 Å². The van der Waals surface area contributed by atoms with Gasteiger partial charge in [-0.3, -0.25) is 9.69 Å². The van der Waals surface area contributed by atoms with Gasteiger partial charge < -0.3 is 9.47 Å². The Morgan fingerprint density at radius 2 is 1.97 bits per heavy atom. The maximum atomic E-state index is 13.1. The van der Waals surface area contributed by atoms with Crippen molar-refractivity contribution in [2.75, 3.05) is 6.73 Å². The maximum Gasteiger partial charge on any atom is 0.232 e. The third kappa shape index (κ3) is 3.76. The lowest BCUT2D eigenvalue weighted by atomic mass is 9.98. The Balaban J connectivity index is 1.46. The lowest BCUT2D eigenvalue weighted by molar-refractivity contribution is 0.0872. The van der Waals surface area contributed by atoms with Crippen LogP contribution in [0.3, 0.4) is 0 Å². The smallest absolute Gasteiger partial charge is 0.232 e. The first-order valence-corrected chi connectivity index (χ1v) is 11.5. The standard InChI is InChI=1S/C24H19Cl2NO3S/c1-13-5-6-31-21(13)9-20-23(28)22-14(2)7-19-16(24(22)30-20)11-27(12-29-19)10-15-3-4-17(25)18(26)8-15/h3-9H,10-12H2,1-2H3/b20-9-. The van der Waals surface area contributed by atoms with E-state index >= 15 is 0 Å². The summed E-state index contributed by atoms with van der Waals surface area (Å²) in [6.07, 6.45) is 1.84. The van der Waals surface area contributed by atoms with Crippen LogP contribution >= 0.6 is 34.5 Å². The molecule has 0 saturated carbocycles. The highest BCUT2D eigenvalue weighted by molar-refractivity contribution is 7.11. The number of allylic oxidation sites excluding steroid dienone is 1. The van der Waals surface area contributed by atoms with Crippen LogP contribution < -0.4 is 9.47 Å². The van der Waals surface area contributed by atoms with E-state index in [0.717, 1.165) is 32.9 Å². The van der Waals surface area contributed by atoms with Crippen LogP contribution in [0.15, 0.2) is 41.5 Å². The average molecular weight is 472 g/mol. The van der Waals surface area contributed by atoms with Gasteiger partial charge in [0, 0.05) is 24.0 Å². The Labute approximate surface area is 194 Å². The maximum absolute atomic E-state index is 13.1. The molecule has 3 heterocycles. The molecule has 3 aromatic rings. The third-order valence-electron chi connectivity index (χ3n) is 5.54. The number of hydrogen-bond acceptors (Lipinski definition) is 5. The molecular weight excluding hydrogens is 453 g/mol. The summed E-state index contributed by atoms with van der Waals surface area (Å²) in [6, 6.07) is 9.58. The minimum atomic E-state index is -0.0790. The van der Waals surface area contributed by atoms with Gasteiger partial charge in [-0.25, -0.2) is 0 Å². The van der Waals surface area contributed by atoms with E-state index in [-0.39, 0.29) is 5.78 Å². The second-order valence-electron chi connectivity index (χ2n) is 7.79. The Hall–Kier alpha value is -2.31. The number of fused-ring (bicyclic) bond motifs is 3. The fourth-order valence-electron chi connectivity index (χ4n) is 3.92. The molecule has 0 bridgehead atoms. The van der Waals surface area contributed by atoms with Crippen LogP contribution in [0.2, 0.25) is 10.0 Å². The van der Waals surface area contributed by atoms with Gasteiger partial charge in [-0.2, -0.15) is 0 Å². The van der Waals surface area contributed by atoms with Gasteiger partial charge >= 0.3 is 0 Å². The van der Waals surface area contributed by atoms with Crippen LogP contribution in [-0.2, 0) is 13.1 Å². The molecule has 2 aliphatic rings. The van der Waals surface area contributed by atoms with E-state index < -0.39 is 0 Å². The minimum absolute atomic E-state index is 0.0790. The van der Waals surface area contributed by atoms with Gasteiger partial charge in [0.1, 0.15) is 18.2 Å². The van der Waals surface area contributed by atoms with E-state index in [1.54, 1.807) is 17.4 Å². The van der Waals surface area contributed by atoms with Gasteiger partial charge in [0.05, 0.1) is 21.2 Å². The summed E-state index contributed by atoms with van der Waals surface area (Å²) in [5, 5.41) is 3.07. The SMILES string of the molecule is Cc1ccsc1/C=C1\Oc2c3c(cc(C)c2C1=O)OCN(Cc1ccc(Cl)c(Cl)c1)C3. The van der Waals surface area contributed by atoms with Crippen molar-refractivity contribution in [3.05, 3.63) is 84.2 Å². The van der Waals surface area contributed by atoms with Crippen molar-refractivity contribution in [2.45, 2.75) is 26.9 Å². The largest absolute Gasteiger partial charge is 0.478 e. The number of hydrogen-bond donors (Lipinski definition) is 0. The normalized spacial score (nSPS) is 16.8. The Morgan fingerprint density at radius 3 is 2.71 bits per heavy atom. The zero-order valence-corrected chi connectivity index (χ0v) is 19.3. The number of carbonyl (C=O) groups excluding carboxylic acids is 1. The highest BCUT2D eigenvalue weighted by Gasteiger charge is 2.35. The lowest BCUT2D eigenvalue weighted by Gasteiger charge is -2.30. The van der Waals surface area contributed by atoms with Crippen molar-refractivity contribution in [1.82, 2.24) is 4.90 Å². The molecule has 158 valence electrons. The Bertz CT molecular complexity index is 1250. The van der Waals surface area contributed by atoms with Crippen molar-refractivity contribution in [1.29, 1.82) is 0 Å². The quantitative estimate of drug-likeness (QED) is 0.401. The number of ketones is 1. The number of carbonyl (C=O) groups is 1. The fourth-order valence-corrected chi connectivity index (χ4v) is 5.09. The molecule has 0 N–H and O–H groups in total. The summed E-state index contributed by atoms with van der Waals surface area (Å²) in [6.45, 7) is 5.64. The summed E-state index contributed by atoms with van der Waals surface area (Å²) in [4.78, 5) is 16.3. The first-order valence-electron chi connectivity index (χ1n) is 9.84. The second-order valence-corrected chi connectivity index (χ2v) is 9.55. The number of benzene rings is 2. The molecule has 0 atom stereocenters. The number of thiophene rings is 1. The molecule has 1 aromatic heterocycles. The lowest BCUT2D eigenvalue weighted by Crippen LogP contribution is -2.31. The van der Waals surface area contributed by atoms with Crippen LogP contribution in [0.1, 0.15) is 37.5 Å². The fraction of sp³-hybridized carbons (Fsp3) is 0.208. The first-order chi connectivity index (χ1) is 14.9. The van der Waals surface area contributed by atoms with E-state index in [1.807, 2.05) is 49.6 Å². The van der Waals surface area contributed by atoms with E-state index in [1.165, 1.54) is 0 Å². The van der Waals surface area contributed by atoms with Gasteiger partial charge in [0.25, 0.3) is 0 Å². The summed E-state index contributed by atoms with van der Waals surface area (Å²) in [7, 11) is 0. The highest BCUT2D eigenvalue weighted by atomic mass is 35.5. The molecule has 4 nitrogen and oxygen atoms in total. The van der Waals surface area contributed by atoms with Crippen LogP contribution in [-0.4, -0.2) is 17.4 Å². The molecule has 0 unspecified atom stereocenters. The van der Waals surface area contributed by atoms with Crippen molar-refractivity contribution in [3.8, 4) is 11.5 Å². The van der Waals surface area contributed by atoms with Gasteiger partial charge in [0.15, 0.2) is 5.76 Å². The molecule has 7 heteroatoms. The minimum Gasteiger partial charge on any atom is -0.478 e. The molecule has 0 saturated heterocycles. The zero-order valence-electron chi connectivity index (χ0n) is 17.0. The molecule has 0 radical (unpaired) electrons. The molecule has 2 aliphatic heterocycles. The van der Waals surface area contributed by atoms with Gasteiger partial charge in [0.2, 0.25) is 5.78 Å². The summed E-state index contributed by atoms with van der Waals surface area (Å²) in [5.41, 5.74) is 4.55. The highest BCUT2D eigenvalue weighted by Crippen LogP contribution is 2.44. The van der Waals surface area contributed by atoms with Gasteiger partial charge in [-0.15, -0.1) is 11.3 Å². The average Bonchev–Trinajstić information content (AvgIpc) is 3.29. The molecular formula is C24H19Cl2NO3S. The number of halogens is 2. The van der Waals surface area contributed by atoms with Crippen molar-refractivity contribution in [2.24, 2.45) is 0 Å². The number of Topliss-reactive ketones (excluding diaryl/α,β-unsaturated/α-hetero) is 1. The molecule has 2 aromatic carbocycles. The molecule has 0 fully saturated rings.